The van der Waals surface area contributed by atoms with E-state index >= 15 is 0 Å². The van der Waals surface area contributed by atoms with E-state index < -0.39 is 11.5 Å². The van der Waals surface area contributed by atoms with Crippen LogP contribution >= 0.6 is 0 Å². The normalized spacial score (nSPS) is 10.4. The zero-order valence-corrected chi connectivity index (χ0v) is 13.5. The molecule has 2 rings (SSSR count). The molecular weight excluding hydrogens is 296 g/mol. The largest absolute Gasteiger partial charge is 0.494 e. The van der Waals surface area contributed by atoms with Gasteiger partial charge in [-0.05, 0) is 51.1 Å². The molecule has 0 N–H and O–H groups in total. The average Bonchev–Trinajstić information content (AvgIpc) is 2.56. The predicted molar refractivity (Wildman–Crippen MR) is 86.7 cm³/mol. The highest BCUT2D eigenvalue weighted by Crippen LogP contribution is 2.21. The molecule has 0 bridgehead atoms. The Morgan fingerprint density at radius 2 is 1.83 bits per heavy atom. The van der Waals surface area contributed by atoms with Gasteiger partial charge in [-0.25, -0.2) is 9.48 Å². The summed E-state index contributed by atoms with van der Waals surface area (Å²) in [7, 11) is 0. The maximum absolute atomic E-state index is 12.2. The third-order valence-corrected chi connectivity index (χ3v) is 3.23. The Hall–Kier alpha value is -2.63. The third-order valence-electron chi connectivity index (χ3n) is 3.23. The van der Waals surface area contributed by atoms with E-state index in [1.807, 2.05) is 31.2 Å². The second-order valence-corrected chi connectivity index (χ2v) is 4.74. The fraction of sp³-hybridized carbons (Fsp3) is 0.353. The van der Waals surface area contributed by atoms with E-state index in [-0.39, 0.29) is 12.2 Å². The molecule has 1 aromatic heterocycles. The molecule has 0 aliphatic heterocycles. The van der Waals surface area contributed by atoms with Crippen LogP contribution in [0.5, 0.6) is 5.75 Å². The molecule has 0 fully saturated rings. The Morgan fingerprint density at radius 1 is 1.13 bits per heavy atom. The highest BCUT2D eigenvalue weighted by molar-refractivity contribution is 5.90. The Bertz CT molecular complexity index is 735. The van der Waals surface area contributed by atoms with E-state index in [0.717, 1.165) is 11.3 Å². The number of carbonyl (C=O) groups excluding carboxylic acids is 1. The summed E-state index contributed by atoms with van der Waals surface area (Å²) in [6.07, 6.45) is 0. The second-order valence-electron chi connectivity index (χ2n) is 4.74. The fourth-order valence-corrected chi connectivity index (χ4v) is 2.14. The maximum Gasteiger partial charge on any atom is 0.343 e. The number of hydrogen-bond acceptors (Lipinski definition) is 5. The average molecular weight is 316 g/mol. The zero-order chi connectivity index (χ0) is 16.8. The standard InChI is InChI=1S/C17H20N2O4/c1-4-19-16(20)14(17(21)23-6-3)11-15(18-19)12-7-9-13(10-8-12)22-5-2/h7-11H,4-6H2,1-3H3. The SMILES string of the molecule is CCOC(=O)c1cc(-c2ccc(OCC)cc2)nn(CC)c1=O. The number of hydrogen-bond donors (Lipinski definition) is 0. The van der Waals surface area contributed by atoms with E-state index in [1.54, 1.807) is 13.8 Å². The summed E-state index contributed by atoms with van der Waals surface area (Å²) in [5.74, 6) is 0.125. The predicted octanol–water partition coefficient (Wildman–Crippen LogP) is 2.51. The molecule has 0 aliphatic rings. The summed E-state index contributed by atoms with van der Waals surface area (Å²) in [6, 6.07) is 8.81. The van der Waals surface area contributed by atoms with Gasteiger partial charge in [-0.2, -0.15) is 5.10 Å². The van der Waals surface area contributed by atoms with Crippen molar-refractivity contribution in [3.05, 3.63) is 46.2 Å². The van der Waals surface area contributed by atoms with E-state index in [4.69, 9.17) is 9.47 Å². The highest BCUT2D eigenvalue weighted by Gasteiger charge is 2.16. The lowest BCUT2D eigenvalue weighted by Crippen LogP contribution is -2.29. The summed E-state index contributed by atoms with van der Waals surface area (Å²) in [5.41, 5.74) is 0.881. The van der Waals surface area contributed by atoms with E-state index in [0.29, 0.717) is 18.8 Å². The van der Waals surface area contributed by atoms with Gasteiger partial charge in [0, 0.05) is 12.1 Å². The van der Waals surface area contributed by atoms with Crippen LogP contribution in [0.1, 0.15) is 31.1 Å². The van der Waals surface area contributed by atoms with Gasteiger partial charge < -0.3 is 9.47 Å². The molecule has 6 heteroatoms. The lowest BCUT2D eigenvalue weighted by molar-refractivity contribution is 0.0523. The van der Waals surface area contributed by atoms with Crippen LogP contribution in [-0.4, -0.2) is 29.0 Å². The van der Waals surface area contributed by atoms with Crippen LogP contribution in [0.4, 0.5) is 0 Å². The highest BCUT2D eigenvalue weighted by atomic mass is 16.5. The summed E-state index contributed by atoms with van der Waals surface area (Å²) in [6.45, 7) is 6.58. The molecule has 0 unspecified atom stereocenters. The molecule has 23 heavy (non-hydrogen) atoms. The first kappa shape index (κ1) is 16.7. The van der Waals surface area contributed by atoms with Gasteiger partial charge in [0.05, 0.1) is 18.9 Å². The van der Waals surface area contributed by atoms with Crippen LogP contribution in [-0.2, 0) is 11.3 Å². The Balaban J connectivity index is 2.47. The number of aryl methyl sites for hydroxylation is 1. The monoisotopic (exact) mass is 316 g/mol. The van der Waals surface area contributed by atoms with Gasteiger partial charge in [0.25, 0.3) is 5.56 Å². The molecule has 2 aromatic rings. The smallest absolute Gasteiger partial charge is 0.343 e. The summed E-state index contributed by atoms with van der Waals surface area (Å²) >= 11 is 0. The number of carbonyl (C=O) groups is 1. The fourth-order valence-electron chi connectivity index (χ4n) is 2.14. The Labute approximate surface area is 134 Å². The van der Waals surface area contributed by atoms with Crippen LogP contribution in [0.15, 0.2) is 35.1 Å². The van der Waals surface area contributed by atoms with Gasteiger partial charge in [0.15, 0.2) is 0 Å². The molecule has 0 spiro atoms. The first-order valence-electron chi connectivity index (χ1n) is 7.63. The molecule has 0 atom stereocenters. The van der Waals surface area contributed by atoms with Crippen LogP contribution in [0.3, 0.4) is 0 Å². The number of nitrogens with zero attached hydrogens (tertiary/aromatic N) is 2. The van der Waals surface area contributed by atoms with Crippen molar-refractivity contribution in [2.45, 2.75) is 27.3 Å². The van der Waals surface area contributed by atoms with Crippen molar-refractivity contribution in [3.63, 3.8) is 0 Å². The summed E-state index contributed by atoms with van der Waals surface area (Å²) < 4.78 is 11.6. The van der Waals surface area contributed by atoms with Crippen molar-refractivity contribution < 1.29 is 14.3 Å². The van der Waals surface area contributed by atoms with Crippen molar-refractivity contribution in [2.75, 3.05) is 13.2 Å². The molecule has 0 saturated carbocycles. The Morgan fingerprint density at radius 3 is 2.39 bits per heavy atom. The molecule has 0 saturated heterocycles. The van der Waals surface area contributed by atoms with Crippen LogP contribution < -0.4 is 10.3 Å². The summed E-state index contributed by atoms with van der Waals surface area (Å²) in [4.78, 5) is 24.2. The lowest BCUT2D eigenvalue weighted by Gasteiger charge is -2.09. The maximum atomic E-state index is 12.2. The first-order valence-corrected chi connectivity index (χ1v) is 7.63. The molecular formula is C17H20N2O4. The molecule has 0 radical (unpaired) electrons. The van der Waals surface area contributed by atoms with Crippen LogP contribution in [0.2, 0.25) is 0 Å². The number of aromatic nitrogens is 2. The van der Waals surface area contributed by atoms with Crippen molar-refractivity contribution in [2.24, 2.45) is 0 Å². The van der Waals surface area contributed by atoms with Crippen molar-refractivity contribution >= 4 is 5.97 Å². The minimum atomic E-state index is -0.630. The van der Waals surface area contributed by atoms with Gasteiger partial charge >= 0.3 is 5.97 Å². The molecule has 1 aromatic carbocycles. The van der Waals surface area contributed by atoms with Gasteiger partial charge in [-0.15, -0.1) is 0 Å². The van der Waals surface area contributed by atoms with E-state index in [9.17, 15) is 9.59 Å². The van der Waals surface area contributed by atoms with Crippen LogP contribution in [0, 0.1) is 0 Å². The Kier molecular flexibility index (Phi) is 5.51. The lowest BCUT2D eigenvalue weighted by atomic mass is 10.1. The van der Waals surface area contributed by atoms with Crippen LogP contribution in [0.25, 0.3) is 11.3 Å². The topological polar surface area (TPSA) is 70.4 Å². The molecule has 6 nitrogen and oxygen atoms in total. The van der Waals surface area contributed by atoms with E-state index in [2.05, 4.69) is 5.10 Å². The van der Waals surface area contributed by atoms with E-state index in [1.165, 1.54) is 10.7 Å². The van der Waals surface area contributed by atoms with Crippen molar-refractivity contribution in [3.8, 4) is 17.0 Å². The summed E-state index contributed by atoms with van der Waals surface area (Å²) in [5, 5.41) is 4.30. The van der Waals surface area contributed by atoms with Gasteiger partial charge in [0.2, 0.25) is 0 Å². The minimum Gasteiger partial charge on any atom is -0.494 e. The molecule has 0 amide bonds. The first-order chi connectivity index (χ1) is 11.1. The zero-order valence-electron chi connectivity index (χ0n) is 13.5. The minimum absolute atomic E-state index is 0.00687. The number of benzene rings is 1. The van der Waals surface area contributed by atoms with Crippen molar-refractivity contribution in [1.29, 1.82) is 0 Å². The van der Waals surface area contributed by atoms with Gasteiger partial charge in [0.1, 0.15) is 11.3 Å². The molecule has 122 valence electrons. The third kappa shape index (κ3) is 3.77. The quantitative estimate of drug-likeness (QED) is 0.766. The number of ether oxygens (including phenoxy) is 2. The molecule has 1 heterocycles. The second kappa shape index (κ2) is 7.58. The van der Waals surface area contributed by atoms with Gasteiger partial charge in [-0.3, -0.25) is 4.79 Å². The molecule has 0 aliphatic carbocycles. The van der Waals surface area contributed by atoms with Crippen molar-refractivity contribution in [1.82, 2.24) is 9.78 Å². The van der Waals surface area contributed by atoms with Gasteiger partial charge in [-0.1, -0.05) is 0 Å². The number of rotatable bonds is 6. The number of esters is 1.